The number of carbonyl (C=O) groups is 1. The van der Waals surface area contributed by atoms with E-state index in [1.807, 2.05) is 12.1 Å². The van der Waals surface area contributed by atoms with Crippen LogP contribution in [0.15, 0.2) is 24.3 Å². The van der Waals surface area contributed by atoms with Gasteiger partial charge in [-0.1, -0.05) is 103 Å². The standard InChI is InChI=1S/C35H55NO2/c1-3-5-7-9-10-12-14-29-15-17-30(18-16-29)31-19-21-32(22-20-31)34(37)38-33-23-26-35(28-36,27-24-33)25-13-11-8-6-4-2/h19-22,29-30,33H,3-18,23-27H2,1-2H3. The molecular formula is C35H55NO2. The molecule has 0 heterocycles. The maximum Gasteiger partial charge on any atom is 0.338 e. The van der Waals surface area contributed by atoms with Crippen LogP contribution in [0.5, 0.6) is 0 Å². The fourth-order valence-electron chi connectivity index (χ4n) is 6.85. The maximum atomic E-state index is 12.8. The first-order valence-electron chi connectivity index (χ1n) is 16.3. The Morgan fingerprint density at radius 2 is 1.39 bits per heavy atom. The smallest absolute Gasteiger partial charge is 0.338 e. The Balaban J connectivity index is 1.35. The SMILES string of the molecule is CCCCCCCCC1CCC(c2ccc(C(=O)OC3CCC(C#N)(CCCCCCC)CC3)cc2)CC1. The summed E-state index contributed by atoms with van der Waals surface area (Å²) in [4.78, 5) is 12.8. The summed E-state index contributed by atoms with van der Waals surface area (Å²) < 4.78 is 5.89. The van der Waals surface area contributed by atoms with E-state index in [1.165, 1.54) is 102 Å². The molecule has 0 atom stereocenters. The van der Waals surface area contributed by atoms with E-state index in [1.54, 1.807) is 0 Å². The lowest BCUT2D eigenvalue weighted by molar-refractivity contribution is 0.0105. The van der Waals surface area contributed by atoms with Crippen LogP contribution in [0.3, 0.4) is 0 Å². The predicted molar refractivity (Wildman–Crippen MR) is 158 cm³/mol. The topological polar surface area (TPSA) is 50.1 Å². The van der Waals surface area contributed by atoms with E-state index in [0.29, 0.717) is 11.5 Å². The van der Waals surface area contributed by atoms with Gasteiger partial charge in [0.15, 0.2) is 0 Å². The van der Waals surface area contributed by atoms with Gasteiger partial charge in [-0.2, -0.15) is 5.26 Å². The molecule has 212 valence electrons. The number of esters is 1. The number of nitrogens with zero attached hydrogens (tertiary/aromatic N) is 1. The van der Waals surface area contributed by atoms with E-state index in [0.717, 1.165) is 44.4 Å². The second-order valence-electron chi connectivity index (χ2n) is 12.6. The molecule has 2 saturated carbocycles. The quantitative estimate of drug-likeness (QED) is 0.160. The molecule has 0 amide bonds. The Labute approximate surface area is 234 Å². The molecule has 1 aromatic rings. The first kappa shape index (κ1) is 30.7. The van der Waals surface area contributed by atoms with Gasteiger partial charge in [-0.3, -0.25) is 0 Å². The number of carbonyl (C=O) groups excluding carboxylic acids is 1. The fraction of sp³-hybridized carbons (Fsp3) is 0.771. The summed E-state index contributed by atoms with van der Waals surface area (Å²) in [6.45, 7) is 4.52. The molecule has 0 aliphatic heterocycles. The van der Waals surface area contributed by atoms with Crippen molar-refractivity contribution in [3.05, 3.63) is 35.4 Å². The van der Waals surface area contributed by atoms with E-state index < -0.39 is 0 Å². The Morgan fingerprint density at radius 1 is 0.816 bits per heavy atom. The summed E-state index contributed by atoms with van der Waals surface area (Å²) in [5, 5.41) is 9.85. The molecule has 1 aromatic carbocycles. The second kappa shape index (κ2) is 17.0. The van der Waals surface area contributed by atoms with Gasteiger partial charge < -0.3 is 4.74 Å². The molecule has 38 heavy (non-hydrogen) atoms. The van der Waals surface area contributed by atoms with Crippen LogP contribution in [-0.4, -0.2) is 12.1 Å². The highest BCUT2D eigenvalue weighted by Gasteiger charge is 2.36. The Bertz CT molecular complexity index is 822. The van der Waals surface area contributed by atoms with Gasteiger partial charge in [0.1, 0.15) is 6.10 Å². The molecule has 3 rings (SSSR count). The number of nitriles is 1. The molecule has 3 heteroatoms. The van der Waals surface area contributed by atoms with Crippen molar-refractivity contribution >= 4 is 5.97 Å². The molecule has 0 N–H and O–H groups in total. The van der Waals surface area contributed by atoms with Crippen molar-refractivity contribution < 1.29 is 9.53 Å². The van der Waals surface area contributed by atoms with Crippen LogP contribution >= 0.6 is 0 Å². The van der Waals surface area contributed by atoms with Gasteiger partial charge in [0.2, 0.25) is 0 Å². The number of ether oxygens (including phenoxy) is 1. The summed E-state index contributed by atoms with van der Waals surface area (Å²) in [6.07, 6.45) is 25.5. The van der Waals surface area contributed by atoms with Crippen molar-refractivity contribution in [2.45, 2.75) is 161 Å². The monoisotopic (exact) mass is 521 g/mol. The summed E-state index contributed by atoms with van der Waals surface area (Å²) in [5.74, 6) is 1.36. The van der Waals surface area contributed by atoms with Gasteiger partial charge in [0, 0.05) is 0 Å². The third-order valence-electron chi connectivity index (χ3n) is 9.59. The summed E-state index contributed by atoms with van der Waals surface area (Å²) in [5.41, 5.74) is 1.85. The minimum atomic E-state index is -0.204. The number of hydrogen-bond donors (Lipinski definition) is 0. The molecule has 0 saturated heterocycles. The normalized spacial score (nSPS) is 25.6. The van der Waals surface area contributed by atoms with Crippen molar-refractivity contribution in [3.63, 3.8) is 0 Å². The molecule has 0 bridgehead atoms. The van der Waals surface area contributed by atoms with E-state index in [9.17, 15) is 10.1 Å². The van der Waals surface area contributed by atoms with E-state index >= 15 is 0 Å². The third-order valence-corrected chi connectivity index (χ3v) is 9.59. The van der Waals surface area contributed by atoms with Crippen LogP contribution in [0, 0.1) is 22.7 Å². The van der Waals surface area contributed by atoms with Crippen LogP contribution in [0.1, 0.15) is 171 Å². The minimum absolute atomic E-state index is 0.0503. The van der Waals surface area contributed by atoms with Gasteiger partial charge in [-0.05, 0) is 87.3 Å². The lowest BCUT2D eigenvalue weighted by Gasteiger charge is -2.34. The molecule has 2 aliphatic rings. The number of rotatable bonds is 16. The van der Waals surface area contributed by atoms with E-state index in [2.05, 4.69) is 32.0 Å². The van der Waals surface area contributed by atoms with Gasteiger partial charge >= 0.3 is 5.97 Å². The average molecular weight is 522 g/mol. The highest BCUT2D eigenvalue weighted by molar-refractivity contribution is 5.89. The summed E-state index contributed by atoms with van der Waals surface area (Å²) >= 11 is 0. The lowest BCUT2D eigenvalue weighted by Crippen LogP contribution is -2.31. The molecule has 2 fully saturated rings. The molecule has 0 spiro atoms. The van der Waals surface area contributed by atoms with Crippen LogP contribution in [0.2, 0.25) is 0 Å². The summed E-state index contributed by atoms with van der Waals surface area (Å²) in [6, 6.07) is 10.9. The Hall–Kier alpha value is -1.82. The minimum Gasteiger partial charge on any atom is -0.459 e. The molecule has 3 nitrogen and oxygen atoms in total. The zero-order chi connectivity index (χ0) is 27.1. The highest BCUT2D eigenvalue weighted by Crippen LogP contribution is 2.41. The summed E-state index contributed by atoms with van der Waals surface area (Å²) in [7, 11) is 0. The average Bonchev–Trinajstić information content (AvgIpc) is 2.96. The maximum absolute atomic E-state index is 12.8. The molecule has 0 aromatic heterocycles. The van der Waals surface area contributed by atoms with Crippen molar-refractivity contribution in [2.24, 2.45) is 11.3 Å². The van der Waals surface area contributed by atoms with Crippen molar-refractivity contribution in [3.8, 4) is 6.07 Å². The lowest BCUT2D eigenvalue weighted by atomic mass is 9.71. The predicted octanol–water partition coefficient (Wildman–Crippen LogP) is 10.7. The fourth-order valence-corrected chi connectivity index (χ4v) is 6.85. The Morgan fingerprint density at radius 3 is 2.00 bits per heavy atom. The number of unbranched alkanes of at least 4 members (excludes halogenated alkanes) is 9. The van der Waals surface area contributed by atoms with Gasteiger partial charge in [-0.25, -0.2) is 4.79 Å². The van der Waals surface area contributed by atoms with Crippen LogP contribution in [0.4, 0.5) is 0 Å². The highest BCUT2D eigenvalue weighted by atomic mass is 16.5. The molecule has 2 aliphatic carbocycles. The zero-order valence-corrected chi connectivity index (χ0v) is 24.7. The van der Waals surface area contributed by atoms with Crippen molar-refractivity contribution in [2.75, 3.05) is 0 Å². The second-order valence-corrected chi connectivity index (χ2v) is 12.6. The first-order valence-corrected chi connectivity index (χ1v) is 16.3. The van der Waals surface area contributed by atoms with Crippen molar-refractivity contribution in [1.82, 2.24) is 0 Å². The zero-order valence-electron chi connectivity index (χ0n) is 24.7. The first-order chi connectivity index (χ1) is 18.6. The van der Waals surface area contributed by atoms with E-state index in [4.69, 9.17) is 4.74 Å². The van der Waals surface area contributed by atoms with Gasteiger partial charge in [0.05, 0.1) is 17.0 Å². The van der Waals surface area contributed by atoms with Gasteiger partial charge in [0.25, 0.3) is 0 Å². The van der Waals surface area contributed by atoms with Crippen LogP contribution in [-0.2, 0) is 4.74 Å². The molecule has 0 radical (unpaired) electrons. The van der Waals surface area contributed by atoms with Crippen LogP contribution < -0.4 is 0 Å². The Kier molecular flexibility index (Phi) is 13.7. The van der Waals surface area contributed by atoms with Gasteiger partial charge in [-0.15, -0.1) is 0 Å². The van der Waals surface area contributed by atoms with E-state index in [-0.39, 0.29) is 17.5 Å². The van der Waals surface area contributed by atoms with Crippen molar-refractivity contribution in [1.29, 1.82) is 5.26 Å². The molecule has 0 unspecified atom stereocenters. The number of hydrogen-bond acceptors (Lipinski definition) is 3. The van der Waals surface area contributed by atoms with Crippen LogP contribution in [0.25, 0.3) is 0 Å². The third kappa shape index (κ3) is 10.1. The molecular weight excluding hydrogens is 466 g/mol. The number of benzene rings is 1. The largest absolute Gasteiger partial charge is 0.459 e.